The number of amides is 1. The van der Waals surface area contributed by atoms with Gasteiger partial charge in [-0.25, -0.2) is 4.98 Å². The number of anilines is 1. The van der Waals surface area contributed by atoms with Crippen LogP contribution in [0.1, 0.15) is 16.8 Å². The number of aliphatic imine (C=N–C) groups is 1. The van der Waals surface area contributed by atoms with Crippen LogP contribution in [-0.2, 0) is 11.2 Å². The molecule has 2 heterocycles. The predicted molar refractivity (Wildman–Crippen MR) is 104 cm³/mol. The first-order valence-corrected chi connectivity index (χ1v) is 8.73. The minimum absolute atomic E-state index is 0.148. The van der Waals surface area contributed by atoms with Gasteiger partial charge in [0.05, 0.1) is 11.4 Å². The molecule has 0 fully saturated rings. The van der Waals surface area contributed by atoms with Crippen molar-refractivity contribution in [2.75, 3.05) is 5.32 Å². The topological polar surface area (TPSA) is 54.4 Å². The molecule has 2 aromatic carbocycles. The van der Waals surface area contributed by atoms with E-state index in [1.54, 1.807) is 12.1 Å². The number of rotatable bonds is 3. The van der Waals surface area contributed by atoms with Crippen LogP contribution in [0.3, 0.4) is 0 Å². The number of nitrogens with zero attached hydrogens (tertiary/aromatic N) is 2. The maximum atomic E-state index is 12.8. The first-order chi connectivity index (χ1) is 12.7. The summed E-state index contributed by atoms with van der Waals surface area (Å²) in [4.78, 5) is 22.0. The zero-order chi connectivity index (χ0) is 17.9. The summed E-state index contributed by atoms with van der Waals surface area (Å²) in [7, 11) is 0. The normalized spacial score (nSPS) is 16.3. The summed E-state index contributed by atoms with van der Waals surface area (Å²) < 4.78 is 0. The zero-order valence-electron chi connectivity index (χ0n) is 13.9. The van der Waals surface area contributed by atoms with Crippen molar-refractivity contribution in [3.8, 4) is 0 Å². The average Bonchev–Trinajstić information content (AvgIpc) is 2.80. The molecule has 1 N–H and O–H groups in total. The molecule has 0 saturated heterocycles. The third-order valence-corrected chi connectivity index (χ3v) is 4.46. The molecule has 4 nitrogen and oxygen atoms in total. The van der Waals surface area contributed by atoms with Crippen LogP contribution in [0.2, 0.25) is 5.15 Å². The van der Waals surface area contributed by atoms with Gasteiger partial charge in [0, 0.05) is 12.0 Å². The van der Waals surface area contributed by atoms with Gasteiger partial charge in [0.1, 0.15) is 16.9 Å². The Bertz CT molecular complexity index is 971. The fourth-order valence-electron chi connectivity index (χ4n) is 2.99. The SMILES string of the molecule is O=C1Nc2ccc(Cl)nc2C(c2ccccc2)=NC1Cc1ccccc1. The summed E-state index contributed by atoms with van der Waals surface area (Å²) in [5, 5.41) is 3.31. The van der Waals surface area contributed by atoms with Gasteiger partial charge < -0.3 is 5.32 Å². The molecule has 26 heavy (non-hydrogen) atoms. The molecule has 1 aliphatic rings. The van der Waals surface area contributed by atoms with Gasteiger partial charge in [0.15, 0.2) is 0 Å². The van der Waals surface area contributed by atoms with E-state index in [0.29, 0.717) is 28.7 Å². The van der Waals surface area contributed by atoms with Crippen molar-refractivity contribution in [1.82, 2.24) is 4.98 Å². The van der Waals surface area contributed by atoms with E-state index in [1.165, 1.54) is 0 Å². The van der Waals surface area contributed by atoms with E-state index in [0.717, 1.165) is 11.1 Å². The monoisotopic (exact) mass is 361 g/mol. The maximum absolute atomic E-state index is 12.8. The highest BCUT2D eigenvalue weighted by Crippen LogP contribution is 2.25. The molecule has 1 aliphatic heterocycles. The van der Waals surface area contributed by atoms with Crippen LogP contribution >= 0.6 is 11.6 Å². The molecule has 0 radical (unpaired) electrons. The van der Waals surface area contributed by atoms with Crippen LogP contribution < -0.4 is 5.32 Å². The third-order valence-electron chi connectivity index (χ3n) is 4.25. The lowest BCUT2D eigenvalue weighted by atomic mass is 10.0. The lowest BCUT2D eigenvalue weighted by molar-refractivity contribution is -0.117. The van der Waals surface area contributed by atoms with E-state index in [1.807, 2.05) is 60.7 Å². The Balaban J connectivity index is 1.83. The van der Waals surface area contributed by atoms with Gasteiger partial charge in [0.25, 0.3) is 0 Å². The first-order valence-electron chi connectivity index (χ1n) is 8.35. The molecular formula is C21H16ClN3O. The number of carbonyl (C=O) groups excluding carboxylic acids is 1. The van der Waals surface area contributed by atoms with Crippen molar-refractivity contribution < 1.29 is 4.79 Å². The Morgan fingerprint density at radius 2 is 1.62 bits per heavy atom. The number of hydrogen-bond donors (Lipinski definition) is 1. The van der Waals surface area contributed by atoms with Gasteiger partial charge in [-0.1, -0.05) is 72.3 Å². The lowest BCUT2D eigenvalue weighted by Crippen LogP contribution is -2.27. The van der Waals surface area contributed by atoms with Gasteiger partial charge in [-0.15, -0.1) is 0 Å². The number of pyridine rings is 1. The maximum Gasteiger partial charge on any atom is 0.249 e. The smallest absolute Gasteiger partial charge is 0.249 e. The molecule has 0 spiro atoms. The van der Waals surface area contributed by atoms with Crippen molar-refractivity contribution in [3.05, 3.63) is 94.8 Å². The Morgan fingerprint density at radius 3 is 2.35 bits per heavy atom. The molecule has 0 saturated carbocycles. The molecule has 1 aromatic heterocycles. The Kier molecular flexibility index (Phi) is 4.50. The van der Waals surface area contributed by atoms with Gasteiger partial charge in [-0.05, 0) is 17.7 Å². The van der Waals surface area contributed by atoms with Crippen molar-refractivity contribution in [3.63, 3.8) is 0 Å². The van der Waals surface area contributed by atoms with Gasteiger partial charge >= 0.3 is 0 Å². The van der Waals surface area contributed by atoms with Crippen molar-refractivity contribution >= 4 is 28.9 Å². The second kappa shape index (κ2) is 7.10. The average molecular weight is 362 g/mol. The summed E-state index contributed by atoms with van der Waals surface area (Å²) in [6, 6.07) is 22.5. The highest BCUT2D eigenvalue weighted by atomic mass is 35.5. The van der Waals surface area contributed by atoms with E-state index in [2.05, 4.69) is 10.3 Å². The Hall–Kier alpha value is -2.98. The highest BCUT2D eigenvalue weighted by molar-refractivity contribution is 6.30. The molecule has 128 valence electrons. The molecule has 3 aromatic rings. The zero-order valence-corrected chi connectivity index (χ0v) is 14.6. The van der Waals surface area contributed by atoms with Crippen LogP contribution in [0.4, 0.5) is 5.69 Å². The van der Waals surface area contributed by atoms with Crippen molar-refractivity contribution in [2.45, 2.75) is 12.5 Å². The van der Waals surface area contributed by atoms with Crippen LogP contribution in [0.5, 0.6) is 0 Å². The molecule has 1 atom stereocenters. The highest BCUT2D eigenvalue weighted by Gasteiger charge is 2.27. The molecule has 1 amide bonds. The number of aromatic nitrogens is 1. The van der Waals surface area contributed by atoms with E-state index >= 15 is 0 Å². The number of fused-ring (bicyclic) bond motifs is 1. The molecular weight excluding hydrogens is 346 g/mol. The van der Waals surface area contributed by atoms with Crippen LogP contribution in [0.15, 0.2) is 77.8 Å². The second-order valence-corrected chi connectivity index (χ2v) is 6.46. The van der Waals surface area contributed by atoms with Crippen LogP contribution in [-0.4, -0.2) is 22.6 Å². The third kappa shape index (κ3) is 3.37. The fraction of sp³-hybridized carbons (Fsp3) is 0.0952. The molecule has 5 heteroatoms. The molecule has 0 aliphatic carbocycles. The van der Waals surface area contributed by atoms with E-state index in [4.69, 9.17) is 16.6 Å². The number of hydrogen-bond acceptors (Lipinski definition) is 3. The number of carbonyl (C=O) groups is 1. The summed E-state index contributed by atoms with van der Waals surface area (Å²) in [6.45, 7) is 0. The minimum atomic E-state index is -0.541. The summed E-state index contributed by atoms with van der Waals surface area (Å²) in [5.41, 5.74) is 3.84. The van der Waals surface area contributed by atoms with Crippen LogP contribution in [0.25, 0.3) is 0 Å². The quantitative estimate of drug-likeness (QED) is 0.713. The summed E-state index contributed by atoms with van der Waals surface area (Å²) in [5.74, 6) is -0.148. The Morgan fingerprint density at radius 1 is 0.923 bits per heavy atom. The molecule has 4 rings (SSSR count). The van der Waals surface area contributed by atoms with Gasteiger partial charge in [-0.2, -0.15) is 0 Å². The van der Waals surface area contributed by atoms with E-state index < -0.39 is 6.04 Å². The van der Waals surface area contributed by atoms with E-state index in [9.17, 15) is 4.79 Å². The van der Waals surface area contributed by atoms with Gasteiger partial charge in [0.2, 0.25) is 5.91 Å². The second-order valence-electron chi connectivity index (χ2n) is 6.07. The van der Waals surface area contributed by atoms with Crippen LogP contribution in [0, 0.1) is 0 Å². The molecule has 0 bridgehead atoms. The fourth-order valence-corrected chi connectivity index (χ4v) is 3.14. The lowest BCUT2D eigenvalue weighted by Gasteiger charge is -2.11. The number of halogens is 1. The molecule has 1 unspecified atom stereocenters. The standard InChI is InChI=1S/C21H16ClN3O/c22-18-12-11-16-20(25-18)19(15-9-5-2-6-10-15)23-17(21(26)24-16)13-14-7-3-1-4-8-14/h1-12,17H,13H2,(H,24,26). The van der Waals surface area contributed by atoms with Crippen molar-refractivity contribution in [1.29, 1.82) is 0 Å². The van der Waals surface area contributed by atoms with Gasteiger partial charge in [-0.3, -0.25) is 9.79 Å². The summed E-state index contributed by atoms with van der Waals surface area (Å²) >= 11 is 6.11. The first kappa shape index (κ1) is 16.5. The predicted octanol–water partition coefficient (Wildman–Crippen LogP) is 4.14. The Labute approximate surface area is 156 Å². The summed E-state index contributed by atoms with van der Waals surface area (Å²) in [6.07, 6.45) is 0.519. The minimum Gasteiger partial charge on any atom is -0.322 e. The van der Waals surface area contributed by atoms with Crippen molar-refractivity contribution in [2.24, 2.45) is 4.99 Å². The van der Waals surface area contributed by atoms with E-state index in [-0.39, 0.29) is 5.91 Å². The largest absolute Gasteiger partial charge is 0.322 e. The number of nitrogens with one attached hydrogen (secondary N) is 1. The number of benzene rings is 2.